The third kappa shape index (κ3) is 3.36. The third-order valence-electron chi connectivity index (χ3n) is 2.72. The van der Waals surface area contributed by atoms with Gasteiger partial charge in [-0.05, 0) is 52.5 Å². The monoisotopic (exact) mass is 428 g/mol. The van der Waals surface area contributed by atoms with Crippen molar-refractivity contribution >= 4 is 43.2 Å². The van der Waals surface area contributed by atoms with Crippen molar-refractivity contribution in [2.45, 2.75) is 13.0 Å². The second kappa shape index (κ2) is 6.29. The fourth-order valence-electron chi connectivity index (χ4n) is 1.71. The molecular formula is C14H10Br2N2O2S. The molecule has 0 spiro atoms. The average molecular weight is 430 g/mol. The van der Waals surface area contributed by atoms with Gasteiger partial charge in [-0.3, -0.25) is 0 Å². The molecule has 0 amide bonds. The molecular weight excluding hydrogens is 420 g/mol. The number of ether oxygens (including phenoxy) is 1. The molecule has 21 heavy (non-hydrogen) atoms. The zero-order chi connectivity index (χ0) is 14.8. The van der Waals surface area contributed by atoms with Crippen molar-refractivity contribution in [2.24, 2.45) is 0 Å². The minimum Gasteiger partial charge on any atom is -0.480 e. The largest absolute Gasteiger partial charge is 0.480 e. The normalized spacial score (nSPS) is 12.3. The van der Waals surface area contributed by atoms with E-state index in [0.29, 0.717) is 11.8 Å². The molecule has 3 aromatic rings. The summed E-state index contributed by atoms with van der Waals surface area (Å²) in [6.45, 7) is 1.88. The second-order valence-electron chi connectivity index (χ2n) is 4.26. The van der Waals surface area contributed by atoms with Crippen LogP contribution >= 0.6 is 43.2 Å². The molecule has 0 bridgehead atoms. The van der Waals surface area contributed by atoms with Crippen LogP contribution in [0.3, 0.4) is 0 Å². The highest BCUT2D eigenvalue weighted by Crippen LogP contribution is 2.32. The minimum atomic E-state index is -0.330. The maximum Gasteiger partial charge on any atom is 0.257 e. The molecule has 7 heteroatoms. The van der Waals surface area contributed by atoms with Gasteiger partial charge in [-0.2, -0.15) is 0 Å². The van der Waals surface area contributed by atoms with E-state index in [0.717, 1.165) is 19.6 Å². The molecule has 0 N–H and O–H groups in total. The summed E-state index contributed by atoms with van der Waals surface area (Å²) in [5.41, 5.74) is 0. The van der Waals surface area contributed by atoms with E-state index in [4.69, 9.17) is 9.15 Å². The minimum absolute atomic E-state index is 0.330. The molecule has 0 saturated carbocycles. The van der Waals surface area contributed by atoms with E-state index < -0.39 is 0 Å². The summed E-state index contributed by atoms with van der Waals surface area (Å²) in [6, 6.07) is 9.60. The van der Waals surface area contributed by atoms with Crippen LogP contribution in [0, 0.1) is 0 Å². The fraction of sp³-hybridized carbons (Fsp3) is 0.143. The SMILES string of the molecule is CC(Oc1ccc(Br)cc1Br)c1nnc(-c2cccs2)o1. The number of hydrogen-bond acceptors (Lipinski definition) is 5. The van der Waals surface area contributed by atoms with Gasteiger partial charge in [-0.1, -0.05) is 22.0 Å². The first-order chi connectivity index (χ1) is 10.1. The molecule has 0 aliphatic carbocycles. The van der Waals surface area contributed by atoms with E-state index in [1.54, 1.807) is 11.3 Å². The first-order valence-corrected chi connectivity index (χ1v) is 8.59. The Balaban J connectivity index is 1.78. The standard InChI is InChI=1S/C14H10Br2N2O2S/c1-8(19-11-5-4-9(15)7-10(11)16)13-17-18-14(20-13)12-3-2-6-21-12/h2-8H,1H3. The van der Waals surface area contributed by atoms with Crippen molar-refractivity contribution in [3.63, 3.8) is 0 Å². The van der Waals surface area contributed by atoms with E-state index >= 15 is 0 Å². The zero-order valence-electron chi connectivity index (χ0n) is 10.9. The molecule has 0 aliphatic rings. The lowest BCUT2D eigenvalue weighted by atomic mass is 10.3. The van der Waals surface area contributed by atoms with Gasteiger partial charge in [0, 0.05) is 4.47 Å². The molecule has 1 aromatic carbocycles. The van der Waals surface area contributed by atoms with Gasteiger partial charge in [-0.25, -0.2) is 0 Å². The molecule has 0 aliphatic heterocycles. The Morgan fingerprint density at radius 1 is 1.24 bits per heavy atom. The van der Waals surface area contributed by atoms with Crippen LogP contribution in [0.25, 0.3) is 10.8 Å². The van der Waals surface area contributed by atoms with Crippen molar-refractivity contribution in [1.29, 1.82) is 0 Å². The van der Waals surface area contributed by atoms with Crippen LogP contribution in [0.2, 0.25) is 0 Å². The lowest BCUT2D eigenvalue weighted by Gasteiger charge is -2.12. The number of rotatable bonds is 4. The van der Waals surface area contributed by atoms with Gasteiger partial charge in [-0.15, -0.1) is 21.5 Å². The number of halogens is 2. The zero-order valence-corrected chi connectivity index (χ0v) is 14.9. The quantitative estimate of drug-likeness (QED) is 0.552. The predicted molar refractivity (Wildman–Crippen MR) is 88.5 cm³/mol. The summed E-state index contributed by atoms with van der Waals surface area (Å²) in [5.74, 6) is 1.69. The summed E-state index contributed by atoms with van der Waals surface area (Å²) in [5, 5.41) is 10.1. The van der Waals surface area contributed by atoms with Crippen LogP contribution in [-0.4, -0.2) is 10.2 Å². The Morgan fingerprint density at radius 3 is 2.81 bits per heavy atom. The van der Waals surface area contributed by atoms with Gasteiger partial charge in [0.1, 0.15) is 5.75 Å². The Morgan fingerprint density at radius 2 is 2.10 bits per heavy atom. The maximum atomic E-state index is 5.86. The van der Waals surface area contributed by atoms with Crippen LogP contribution in [0.4, 0.5) is 0 Å². The van der Waals surface area contributed by atoms with Crippen molar-refractivity contribution in [2.75, 3.05) is 0 Å². The first-order valence-electron chi connectivity index (χ1n) is 6.12. The Labute approximate surface area is 142 Å². The molecule has 2 heterocycles. The van der Waals surface area contributed by atoms with E-state index in [2.05, 4.69) is 42.1 Å². The van der Waals surface area contributed by atoms with Crippen LogP contribution < -0.4 is 4.74 Å². The maximum absolute atomic E-state index is 5.86. The fourth-order valence-corrected chi connectivity index (χ4v) is 3.50. The van der Waals surface area contributed by atoms with Crippen molar-refractivity contribution < 1.29 is 9.15 Å². The number of nitrogens with zero attached hydrogens (tertiary/aromatic N) is 2. The van der Waals surface area contributed by atoms with E-state index in [1.807, 2.05) is 42.6 Å². The molecule has 0 radical (unpaired) electrons. The molecule has 0 saturated heterocycles. The highest BCUT2D eigenvalue weighted by molar-refractivity contribution is 9.11. The van der Waals surface area contributed by atoms with Crippen molar-refractivity contribution in [3.05, 3.63) is 50.5 Å². The molecule has 3 rings (SSSR count). The summed E-state index contributed by atoms with van der Waals surface area (Å²) >= 11 is 8.43. The van der Waals surface area contributed by atoms with Gasteiger partial charge in [0.15, 0.2) is 6.10 Å². The van der Waals surface area contributed by atoms with Crippen LogP contribution in [-0.2, 0) is 0 Å². The number of aromatic nitrogens is 2. The highest BCUT2D eigenvalue weighted by Gasteiger charge is 2.18. The first kappa shape index (κ1) is 14.7. The lowest BCUT2D eigenvalue weighted by Crippen LogP contribution is -2.03. The van der Waals surface area contributed by atoms with E-state index in [9.17, 15) is 0 Å². The Kier molecular flexibility index (Phi) is 4.42. The smallest absolute Gasteiger partial charge is 0.257 e. The van der Waals surface area contributed by atoms with Crippen LogP contribution in [0.5, 0.6) is 5.75 Å². The van der Waals surface area contributed by atoms with Crippen molar-refractivity contribution in [1.82, 2.24) is 10.2 Å². The highest BCUT2D eigenvalue weighted by atomic mass is 79.9. The molecule has 2 aromatic heterocycles. The lowest BCUT2D eigenvalue weighted by molar-refractivity contribution is 0.188. The number of hydrogen-bond donors (Lipinski definition) is 0. The van der Waals surface area contributed by atoms with E-state index in [-0.39, 0.29) is 6.10 Å². The number of thiophene rings is 1. The second-order valence-corrected chi connectivity index (χ2v) is 6.98. The summed E-state index contributed by atoms with van der Waals surface area (Å²) < 4.78 is 13.4. The van der Waals surface area contributed by atoms with Crippen molar-refractivity contribution in [3.8, 4) is 16.5 Å². The summed E-state index contributed by atoms with van der Waals surface area (Å²) in [6.07, 6.45) is -0.330. The summed E-state index contributed by atoms with van der Waals surface area (Å²) in [4.78, 5) is 0.950. The average Bonchev–Trinajstić information content (AvgIpc) is 3.10. The van der Waals surface area contributed by atoms with Crippen LogP contribution in [0.1, 0.15) is 18.9 Å². The summed E-state index contributed by atoms with van der Waals surface area (Å²) in [7, 11) is 0. The molecule has 1 atom stereocenters. The third-order valence-corrected chi connectivity index (χ3v) is 4.69. The molecule has 4 nitrogen and oxygen atoms in total. The molecule has 0 fully saturated rings. The Bertz CT molecular complexity index is 743. The van der Waals surface area contributed by atoms with Gasteiger partial charge >= 0.3 is 0 Å². The van der Waals surface area contributed by atoms with Crippen LogP contribution in [0.15, 0.2) is 49.1 Å². The number of benzene rings is 1. The molecule has 1 unspecified atom stereocenters. The molecule has 108 valence electrons. The predicted octanol–water partition coefficient (Wildman–Crippen LogP) is 5.46. The van der Waals surface area contributed by atoms with Gasteiger partial charge in [0.2, 0.25) is 0 Å². The van der Waals surface area contributed by atoms with Gasteiger partial charge in [0.25, 0.3) is 11.8 Å². The van der Waals surface area contributed by atoms with E-state index in [1.165, 1.54) is 0 Å². The van der Waals surface area contributed by atoms with Gasteiger partial charge < -0.3 is 9.15 Å². The Hall–Kier alpha value is -1.18. The topological polar surface area (TPSA) is 48.2 Å². The van der Waals surface area contributed by atoms with Gasteiger partial charge in [0.05, 0.1) is 9.35 Å².